The molecule has 0 saturated heterocycles. The summed E-state index contributed by atoms with van der Waals surface area (Å²) in [4.78, 5) is 0. The van der Waals surface area contributed by atoms with Gasteiger partial charge in [-0.1, -0.05) is 19.1 Å². The van der Waals surface area contributed by atoms with E-state index in [-0.39, 0.29) is 0 Å². The highest BCUT2D eigenvalue weighted by Gasteiger charge is 2.42. The lowest BCUT2D eigenvalue weighted by molar-refractivity contribution is 0.382. The van der Waals surface area contributed by atoms with Gasteiger partial charge in [0.25, 0.3) is 0 Å². The molecule has 0 bridgehead atoms. The molecule has 0 spiro atoms. The van der Waals surface area contributed by atoms with E-state index < -0.39 is 0 Å². The first-order valence-electron chi connectivity index (χ1n) is 6.77. The molecular formula is C14H19N5. The fourth-order valence-electron chi connectivity index (χ4n) is 2.60. The molecule has 1 heterocycles. The number of rotatable bonds is 4. The predicted octanol–water partition coefficient (Wildman–Crippen LogP) is 2.42. The number of hydrogen-bond acceptors (Lipinski definition) is 4. The fraction of sp³-hybridized carbons (Fsp3) is 0.500. The van der Waals surface area contributed by atoms with E-state index in [0.717, 1.165) is 29.2 Å². The zero-order valence-corrected chi connectivity index (χ0v) is 11.4. The maximum Gasteiger partial charge on any atom is 0.184 e. The van der Waals surface area contributed by atoms with E-state index in [1.54, 1.807) is 0 Å². The molecule has 1 saturated carbocycles. The highest BCUT2D eigenvalue weighted by atomic mass is 15.5. The van der Waals surface area contributed by atoms with Crippen LogP contribution in [0.4, 0.5) is 5.69 Å². The summed E-state index contributed by atoms with van der Waals surface area (Å²) >= 11 is 0. The second-order valence-corrected chi connectivity index (χ2v) is 5.55. The first kappa shape index (κ1) is 12.1. The summed E-state index contributed by atoms with van der Waals surface area (Å²) in [6, 6.07) is 5.89. The number of nitrogen functional groups attached to an aromatic ring is 1. The van der Waals surface area contributed by atoms with Crippen LogP contribution in [0.1, 0.15) is 31.7 Å². The van der Waals surface area contributed by atoms with Crippen LogP contribution in [-0.2, 0) is 6.54 Å². The third kappa shape index (κ3) is 2.09. The standard InChI is InChI=1S/C14H19N5/c1-3-14(7-8-14)9-19-13(16-17-18-19)12-10(2)5-4-6-11(12)15/h4-6H,3,7-9,15H2,1-2H3. The number of nitrogens with zero attached hydrogens (tertiary/aromatic N) is 4. The summed E-state index contributed by atoms with van der Waals surface area (Å²) in [7, 11) is 0. The van der Waals surface area contributed by atoms with Gasteiger partial charge in [0, 0.05) is 11.3 Å². The van der Waals surface area contributed by atoms with Crippen molar-refractivity contribution in [2.24, 2.45) is 5.41 Å². The zero-order chi connectivity index (χ0) is 13.5. The molecular weight excluding hydrogens is 238 g/mol. The van der Waals surface area contributed by atoms with Crippen LogP contribution in [0.15, 0.2) is 18.2 Å². The van der Waals surface area contributed by atoms with Crippen LogP contribution in [0.2, 0.25) is 0 Å². The Kier molecular flexibility index (Phi) is 2.77. The highest BCUT2D eigenvalue weighted by molar-refractivity contribution is 5.74. The molecule has 2 aromatic rings. The topological polar surface area (TPSA) is 69.6 Å². The molecule has 19 heavy (non-hydrogen) atoms. The molecule has 0 aliphatic heterocycles. The van der Waals surface area contributed by atoms with Crippen molar-refractivity contribution < 1.29 is 0 Å². The molecule has 1 aromatic carbocycles. The van der Waals surface area contributed by atoms with Crippen molar-refractivity contribution in [1.29, 1.82) is 0 Å². The van der Waals surface area contributed by atoms with Gasteiger partial charge in [0.2, 0.25) is 0 Å². The summed E-state index contributed by atoms with van der Waals surface area (Å²) in [5.41, 5.74) is 9.29. The predicted molar refractivity (Wildman–Crippen MR) is 74.4 cm³/mol. The van der Waals surface area contributed by atoms with Crippen molar-refractivity contribution in [3.8, 4) is 11.4 Å². The number of aryl methyl sites for hydroxylation is 1. The number of anilines is 1. The van der Waals surface area contributed by atoms with E-state index >= 15 is 0 Å². The van der Waals surface area contributed by atoms with Gasteiger partial charge in [0.15, 0.2) is 5.82 Å². The monoisotopic (exact) mass is 257 g/mol. The second-order valence-electron chi connectivity index (χ2n) is 5.55. The van der Waals surface area contributed by atoms with Crippen LogP contribution in [0.5, 0.6) is 0 Å². The smallest absolute Gasteiger partial charge is 0.184 e. The van der Waals surface area contributed by atoms with Crippen LogP contribution >= 0.6 is 0 Å². The van der Waals surface area contributed by atoms with E-state index in [9.17, 15) is 0 Å². The number of benzene rings is 1. The average Bonchev–Trinajstić information content (AvgIpc) is 3.02. The summed E-state index contributed by atoms with van der Waals surface area (Å²) in [5.74, 6) is 0.787. The van der Waals surface area contributed by atoms with E-state index in [2.05, 4.69) is 22.4 Å². The van der Waals surface area contributed by atoms with Crippen molar-refractivity contribution in [2.75, 3.05) is 5.73 Å². The molecule has 0 amide bonds. The number of nitrogens with two attached hydrogens (primary N) is 1. The van der Waals surface area contributed by atoms with Gasteiger partial charge in [-0.15, -0.1) is 5.10 Å². The van der Waals surface area contributed by atoms with Gasteiger partial charge in [-0.3, -0.25) is 0 Å². The molecule has 5 nitrogen and oxygen atoms in total. The number of aromatic nitrogens is 4. The van der Waals surface area contributed by atoms with Gasteiger partial charge in [-0.2, -0.15) is 0 Å². The minimum absolute atomic E-state index is 0.404. The first-order chi connectivity index (χ1) is 9.15. The van der Waals surface area contributed by atoms with Crippen molar-refractivity contribution in [1.82, 2.24) is 20.2 Å². The third-order valence-corrected chi connectivity index (χ3v) is 4.25. The van der Waals surface area contributed by atoms with Crippen LogP contribution in [-0.4, -0.2) is 20.2 Å². The van der Waals surface area contributed by atoms with Crippen LogP contribution in [0.3, 0.4) is 0 Å². The summed E-state index contributed by atoms with van der Waals surface area (Å²) in [6.07, 6.45) is 3.72. The fourth-order valence-corrected chi connectivity index (χ4v) is 2.60. The SMILES string of the molecule is CCC1(Cn2nnnc2-c2c(C)cccc2N)CC1. The molecule has 3 rings (SSSR count). The van der Waals surface area contributed by atoms with E-state index in [0.29, 0.717) is 5.41 Å². The Labute approximate surface area is 112 Å². The van der Waals surface area contributed by atoms with Crippen LogP contribution in [0.25, 0.3) is 11.4 Å². The van der Waals surface area contributed by atoms with Gasteiger partial charge in [-0.25, -0.2) is 4.68 Å². The van der Waals surface area contributed by atoms with Gasteiger partial charge >= 0.3 is 0 Å². The number of tetrazole rings is 1. The zero-order valence-electron chi connectivity index (χ0n) is 11.4. The van der Waals surface area contributed by atoms with Crippen molar-refractivity contribution in [2.45, 2.75) is 39.7 Å². The lowest BCUT2D eigenvalue weighted by atomic mass is 10.0. The maximum atomic E-state index is 6.08. The largest absolute Gasteiger partial charge is 0.398 e. The second kappa shape index (κ2) is 4.33. The molecule has 100 valence electrons. The Balaban J connectivity index is 2.00. The number of hydrogen-bond donors (Lipinski definition) is 1. The van der Waals surface area contributed by atoms with E-state index in [1.807, 2.05) is 29.8 Å². The quantitative estimate of drug-likeness (QED) is 0.854. The molecule has 0 atom stereocenters. The van der Waals surface area contributed by atoms with Gasteiger partial charge in [0.1, 0.15) is 0 Å². The molecule has 0 unspecified atom stereocenters. The van der Waals surface area contributed by atoms with Crippen LogP contribution in [0, 0.1) is 12.3 Å². The van der Waals surface area contributed by atoms with Crippen LogP contribution < -0.4 is 5.73 Å². The van der Waals surface area contributed by atoms with Gasteiger partial charge < -0.3 is 5.73 Å². The average molecular weight is 257 g/mol. The normalized spacial score (nSPS) is 16.5. The minimum Gasteiger partial charge on any atom is -0.398 e. The minimum atomic E-state index is 0.404. The Morgan fingerprint density at radius 2 is 2.16 bits per heavy atom. The summed E-state index contributed by atoms with van der Waals surface area (Å²) < 4.78 is 1.91. The van der Waals surface area contributed by atoms with Crippen molar-refractivity contribution in [3.05, 3.63) is 23.8 Å². The first-order valence-corrected chi connectivity index (χ1v) is 6.77. The Morgan fingerprint density at radius 1 is 1.37 bits per heavy atom. The molecule has 1 fully saturated rings. The Morgan fingerprint density at radius 3 is 2.79 bits per heavy atom. The molecule has 5 heteroatoms. The molecule has 1 aliphatic carbocycles. The van der Waals surface area contributed by atoms with Gasteiger partial charge in [0.05, 0.1) is 6.54 Å². The molecule has 1 aliphatic rings. The van der Waals surface area contributed by atoms with Gasteiger partial charge in [-0.05, 0) is 53.7 Å². The van der Waals surface area contributed by atoms with E-state index in [4.69, 9.17) is 5.73 Å². The van der Waals surface area contributed by atoms with Crippen molar-refractivity contribution in [3.63, 3.8) is 0 Å². The molecule has 0 radical (unpaired) electrons. The summed E-state index contributed by atoms with van der Waals surface area (Å²) in [5, 5.41) is 12.2. The highest BCUT2D eigenvalue weighted by Crippen LogP contribution is 2.50. The Bertz CT molecular complexity index is 577. The lowest BCUT2D eigenvalue weighted by Gasteiger charge is -2.14. The molecule has 1 aromatic heterocycles. The lowest BCUT2D eigenvalue weighted by Crippen LogP contribution is -2.14. The third-order valence-electron chi connectivity index (χ3n) is 4.25. The molecule has 2 N–H and O–H groups in total. The Hall–Kier alpha value is -1.91. The summed E-state index contributed by atoms with van der Waals surface area (Å²) in [6.45, 7) is 5.16. The van der Waals surface area contributed by atoms with Crippen molar-refractivity contribution >= 4 is 5.69 Å². The van der Waals surface area contributed by atoms with E-state index in [1.165, 1.54) is 19.3 Å². The maximum absolute atomic E-state index is 6.08.